The van der Waals surface area contributed by atoms with Crippen LogP contribution in [-0.2, 0) is 32.0 Å². The Labute approximate surface area is 294 Å². The molecule has 5 amide bonds. The minimum absolute atomic E-state index is 0.0343. The van der Waals surface area contributed by atoms with Gasteiger partial charge in [-0.3, -0.25) is 24.0 Å². The van der Waals surface area contributed by atoms with Gasteiger partial charge in [0.2, 0.25) is 23.6 Å². The second-order valence-electron chi connectivity index (χ2n) is 13.9. The lowest BCUT2D eigenvalue weighted by Crippen LogP contribution is -2.57. The zero-order valence-electron chi connectivity index (χ0n) is 29.3. The highest BCUT2D eigenvalue weighted by Gasteiger charge is 2.37. The molecule has 0 radical (unpaired) electrons. The van der Waals surface area contributed by atoms with Crippen molar-refractivity contribution < 1.29 is 28.7 Å². The molecule has 0 bridgehead atoms. The molecule has 5 rings (SSSR count). The number of nitrogens with two attached hydrogens (primary N) is 1. The number of carbonyl (C=O) groups excluding carboxylic acids is 5. The van der Waals surface area contributed by atoms with E-state index in [4.69, 9.17) is 10.5 Å². The summed E-state index contributed by atoms with van der Waals surface area (Å²) in [4.78, 5) is 72.6. The van der Waals surface area contributed by atoms with Gasteiger partial charge in [-0.2, -0.15) is 0 Å². The Morgan fingerprint density at radius 3 is 2.28 bits per heavy atom. The van der Waals surface area contributed by atoms with E-state index in [0.717, 1.165) is 6.42 Å². The second kappa shape index (κ2) is 17.5. The normalized spacial score (nSPS) is 24.0. The van der Waals surface area contributed by atoms with Crippen molar-refractivity contribution in [3.8, 4) is 5.75 Å². The van der Waals surface area contributed by atoms with Gasteiger partial charge in [0, 0.05) is 26.1 Å². The lowest BCUT2D eigenvalue weighted by atomic mass is 10.0. The zero-order valence-corrected chi connectivity index (χ0v) is 29.3. The number of nitrogens with zero attached hydrogens (tertiary/aromatic N) is 2. The fourth-order valence-corrected chi connectivity index (χ4v) is 7.14. The predicted molar refractivity (Wildman–Crippen MR) is 189 cm³/mol. The van der Waals surface area contributed by atoms with Crippen LogP contribution in [-0.4, -0.2) is 96.3 Å². The van der Waals surface area contributed by atoms with Crippen molar-refractivity contribution in [2.45, 2.75) is 95.8 Å². The SMILES string of the molecule is CC(C)[C@H]1NC(=O)CC[C@@H](C(=O)N2CCc3ccccc3CC2)NC(=O)c2ccccc2OC[C@H]2CCCN2C(=O)[C@H](CCCCN)NC1=O. The molecule has 12 heteroatoms. The van der Waals surface area contributed by atoms with Crippen molar-refractivity contribution in [1.29, 1.82) is 0 Å². The van der Waals surface area contributed by atoms with Crippen LogP contribution >= 0.6 is 0 Å². The summed E-state index contributed by atoms with van der Waals surface area (Å²) in [6.07, 6.45) is 4.59. The molecular weight excluding hydrogens is 636 g/mol. The van der Waals surface area contributed by atoms with Gasteiger partial charge in [0.25, 0.3) is 5.91 Å². The highest BCUT2D eigenvalue weighted by atomic mass is 16.5. The highest BCUT2D eigenvalue weighted by molar-refractivity contribution is 6.00. The van der Waals surface area contributed by atoms with Crippen LogP contribution in [0.2, 0.25) is 0 Å². The Morgan fingerprint density at radius 2 is 1.58 bits per heavy atom. The molecule has 5 N–H and O–H groups in total. The van der Waals surface area contributed by atoms with Gasteiger partial charge in [-0.1, -0.05) is 50.2 Å². The van der Waals surface area contributed by atoms with Crippen LogP contribution in [0.5, 0.6) is 5.75 Å². The predicted octanol–water partition coefficient (Wildman–Crippen LogP) is 2.33. The fraction of sp³-hybridized carbons (Fsp3) is 0.553. The van der Waals surface area contributed by atoms with Gasteiger partial charge in [-0.05, 0) is 87.1 Å². The van der Waals surface area contributed by atoms with Crippen LogP contribution < -0.4 is 26.4 Å². The van der Waals surface area contributed by atoms with E-state index in [9.17, 15) is 24.0 Å². The maximum absolute atomic E-state index is 14.1. The van der Waals surface area contributed by atoms with Gasteiger partial charge in [-0.25, -0.2) is 0 Å². The van der Waals surface area contributed by atoms with E-state index in [-0.39, 0.29) is 48.8 Å². The van der Waals surface area contributed by atoms with Crippen LogP contribution in [0.15, 0.2) is 48.5 Å². The Balaban J connectivity index is 1.43. The van der Waals surface area contributed by atoms with Crippen LogP contribution in [0.25, 0.3) is 0 Å². The van der Waals surface area contributed by atoms with Crippen molar-refractivity contribution in [3.63, 3.8) is 0 Å². The first-order chi connectivity index (χ1) is 24.2. The molecule has 0 unspecified atom stereocenters. The largest absolute Gasteiger partial charge is 0.491 e. The van der Waals surface area contributed by atoms with Crippen molar-refractivity contribution >= 4 is 29.5 Å². The number of hydrogen-bond donors (Lipinski definition) is 4. The number of unbranched alkanes of at least 4 members (excludes halogenated alkanes) is 1. The Bertz CT molecular complexity index is 1500. The lowest BCUT2D eigenvalue weighted by molar-refractivity contribution is -0.139. The molecule has 0 saturated carbocycles. The topological polar surface area (TPSA) is 163 Å². The monoisotopic (exact) mass is 688 g/mol. The Kier molecular flexibility index (Phi) is 12.9. The number of nitrogens with one attached hydrogen (secondary N) is 3. The molecular formula is C38H52N6O6. The third-order valence-corrected chi connectivity index (χ3v) is 10.0. The third-order valence-electron chi connectivity index (χ3n) is 10.0. The van der Waals surface area contributed by atoms with Crippen LogP contribution in [0.3, 0.4) is 0 Å². The van der Waals surface area contributed by atoms with Gasteiger partial charge in [0.15, 0.2) is 0 Å². The van der Waals surface area contributed by atoms with Crippen molar-refractivity contribution in [2.24, 2.45) is 11.7 Å². The molecule has 4 atom stereocenters. The fourth-order valence-electron chi connectivity index (χ4n) is 7.14. The molecule has 3 heterocycles. The maximum Gasteiger partial charge on any atom is 0.255 e. The van der Waals surface area contributed by atoms with Crippen molar-refractivity contribution in [2.75, 3.05) is 32.8 Å². The standard InChI is InChI=1S/C38H52N6O6/c1-25(2)34-36(47)41-30(14-7-8-20-39)38(49)44-21-9-12-28(44)24-50-32-15-6-5-13-29(32)35(46)40-31(16-17-33(45)42-34)37(48)43-22-18-26-10-3-4-11-27(26)19-23-43/h3-6,10-11,13,15,25,28,30-31,34H,7-9,12,14,16-24,39H2,1-2H3,(H,40,46)(H,41,47)(H,42,45)/t28-,30+,31+,34-/m1/s1. The van der Waals surface area contributed by atoms with Crippen LogP contribution in [0.4, 0.5) is 0 Å². The molecule has 1 fully saturated rings. The number of hydrogen-bond acceptors (Lipinski definition) is 7. The Hall–Kier alpha value is -4.45. The van der Waals surface area contributed by atoms with Crippen LogP contribution in [0.1, 0.15) is 80.3 Å². The molecule has 270 valence electrons. The molecule has 0 aliphatic carbocycles. The van der Waals surface area contributed by atoms with Gasteiger partial charge >= 0.3 is 0 Å². The number of rotatable bonds is 6. The van der Waals surface area contributed by atoms with E-state index in [1.165, 1.54) is 11.1 Å². The number of amides is 5. The number of carbonyl (C=O) groups is 5. The molecule has 0 spiro atoms. The van der Waals surface area contributed by atoms with E-state index in [1.54, 1.807) is 34.1 Å². The van der Waals surface area contributed by atoms with Gasteiger partial charge in [0.05, 0.1) is 11.6 Å². The summed E-state index contributed by atoms with van der Waals surface area (Å²) in [5, 5.41) is 8.73. The molecule has 12 nitrogen and oxygen atoms in total. The summed E-state index contributed by atoms with van der Waals surface area (Å²) < 4.78 is 6.23. The summed E-state index contributed by atoms with van der Waals surface area (Å²) in [6.45, 7) is 5.81. The summed E-state index contributed by atoms with van der Waals surface area (Å²) in [7, 11) is 0. The summed E-state index contributed by atoms with van der Waals surface area (Å²) in [6, 6.07) is 12.1. The van der Waals surface area contributed by atoms with E-state index in [2.05, 4.69) is 28.1 Å². The first-order valence-corrected chi connectivity index (χ1v) is 18.1. The first-order valence-electron chi connectivity index (χ1n) is 18.1. The number of benzene rings is 2. The average Bonchev–Trinajstić information content (AvgIpc) is 3.48. The first kappa shape index (κ1) is 36.8. The minimum Gasteiger partial charge on any atom is -0.491 e. The summed E-state index contributed by atoms with van der Waals surface area (Å²) >= 11 is 0. The van der Waals surface area contributed by atoms with Crippen molar-refractivity contribution in [3.05, 3.63) is 65.2 Å². The lowest BCUT2D eigenvalue weighted by Gasteiger charge is -2.31. The second-order valence-corrected chi connectivity index (χ2v) is 13.9. The molecule has 3 aliphatic rings. The van der Waals surface area contributed by atoms with Gasteiger partial charge in [0.1, 0.15) is 30.5 Å². The van der Waals surface area contributed by atoms with Gasteiger partial charge < -0.3 is 36.2 Å². The zero-order chi connectivity index (χ0) is 35.6. The molecule has 2 aromatic carbocycles. The van der Waals surface area contributed by atoms with Gasteiger partial charge in [-0.15, -0.1) is 0 Å². The quantitative estimate of drug-likeness (QED) is 0.339. The van der Waals surface area contributed by atoms with E-state index in [0.29, 0.717) is 70.5 Å². The Morgan fingerprint density at radius 1 is 0.880 bits per heavy atom. The summed E-state index contributed by atoms with van der Waals surface area (Å²) in [5.74, 6) is -1.74. The smallest absolute Gasteiger partial charge is 0.255 e. The average molecular weight is 689 g/mol. The maximum atomic E-state index is 14.1. The molecule has 50 heavy (non-hydrogen) atoms. The third kappa shape index (κ3) is 9.21. The number of fused-ring (bicyclic) bond motifs is 3. The van der Waals surface area contributed by atoms with E-state index >= 15 is 0 Å². The highest BCUT2D eigenvalue weighted by Crippen LogP contribution is 2.25. The van der Waals surface area contributed by atoms with E-state index < -0.39 is 35.8 Å². The minimum atomic E-state index is -0.984. The van der Waals surface area contributed by atoms with E-state index in [1.807, 2.05) is 26.0 Å². The number of para-hydroxylation sites is 1. The van der Waals surface area contributed by atoms with Crippen molar-refractivity contribution in [1.82, 2.24) is 25.8 Å². The number of ether oxygens (including phenoxy) is 1. The molecule has 2 aromatic rings. The van der Waals surface area contributed by atoms with Crippen LogP contribution in [0, 0.1) is 5.92 Å². The molecule has 1 saturated heterocycles. The summed E-state index contributed by atoms with van der Waals surface area (Å²) in [5.41, 5.74) is 8.40. The molecule has 0 aromatic heterocycles. The molecule has 3 aliphatic heterocycles.